The van der Waals surface area contributed by atoms with Crippen LogP contribution in [0.4, 0.5) is 0 Å². The van der Waals surface area contributed by atoms with Gasteiger partial charge in [0.1, 0.15) is 0 Å². The van der Waals surface area contributed by atoms with Crippen LogP contribution in [-0.2, 0) is 9.53 Å². The lowest BCUT2D eigenvalue weighted by atomic mass is 9.76. The van der Waals surface area contributed by atoms with Crippen molar-refractivity contribution in [3.05, 3.63) is 34.9 Å². The van der Waals surface area contributed by atoms with E-state index >= 15 is 0 Å². The van der Waals surface area contributed by atoms with Crippen molar-refractivity contribution in [1.82, 2.24) is 4.90 Å². The lowest BCUT2D eigenvalue weighted by Crippen LogP contribution is -2.47. The van der Waals surface area contributed by atoms with Crippen LogP contribution in [0.1, 0.15) is 37.7 Å². The van der Waals surface area contributed by atoms with Crippen LogP contribution < -0.4 is 0 Å². The summed E-state index contributed by atoms with van der Waals surface area (Å²) in [6.07, 6.45) is 3.60. The second kappa shape index (κ2) is 5.98. The molecule has 2 aliphatic heterocycles. The minimum Gasteiger partial charge on any atom is -0.465 e. The molecule has 2 saturated heterocycles. The van der Waals surface area contributed by atoms with Crippen LogP contribution in [0.2, 0.25) is 5.02 Å². The van der Waals surface area contributed by atoms with Crippen molar-refractivity contribution in [1.29, 1.82) is 0 Å². The highest BCUT2D eigenvalue weighted by Crippen LogP contribution is 2.46. The number of rotatable bonds is 3. The molecule has 0 saturated carbocycles. The maximum Gasteiger partial charge on any atom is 0.302 e. The molecule has 4 atom stereocenters. The molecule has 2 heterocycles. The second-order valence-electron chi connectivity index (χ2n) is 6.32. The van der Waals surface area contributed by atoms with Gasteiger partial charge in [0, 0.05) is 29.9 Å². The zero-order chi connectivity index (χ0) is 15.0. The van der Waals surface area contributed by atoms with Crippen LogP contribution in [0.3, 0.4) is 0 Å². The van der Waals surface area contributed by atoms with E-state index in [1.54, 1.807) is 0 Å². The number of esters is 1. The molecule has 2 bridgehead atoms. The lowest BCUT2D eigenvalue weighted by Gasteiger charge is -2.43. The van der Waals surface area contributed by atoms with Crippen LogP contribution in [0.25, 0.3) is 0 Å². The summed E-state index contributed by atoms with van der Waals surface area (Å²) in [7, 11) is 2.21. The zero-order valence-corrected chi connectivity index (χ0v) is 13.3. The Kier molecular flexibility index (Phi) is 4.23. The van der Waals surface area contributed by atoms with Gasteiger partial charge in [0.25, 0.3) is 0 Å². The lowest BCUT2D eigenvalue weighted by molar-refractivity contribution is -0.143. The summed E-state index contributed by atoms with van der Waals surface area (Å²) in [5.41, 5.74) is 1.32. The molecule has 4 unspecified atom stereocenters. The number of piperidine rings is 1. The van der Waals surface area contributed by atoms with E-state index in [9.17, 15) is 4.79 Å². The highest BCUT2D eigenvalue weighted by atomic mass is 35.5. The molecule has 2 fully saturated rings. The first kappa shape index (κ1) is 14.9. The fourth-order valence-electron chi connectivity index (χ4n) is 4.11. The summed E-state index contributed by atoms with van der Waals surface area (Å²) in [6.45, 7) is 2.01. The summed E-state index contributed by atoms with van der Waals surface area (Å²) in [5.74, 6) is 0.641. The van der Waals surface area contributed by atoms with Crippen molar-refractivity contribution in [2.45, 2.75) is 44.2 Å². The Labute approximate surface area is 131 Å². The first-order valence-corrected chi connectivity index (χ1v) is 8.05. The predicted octanol–water partition coefficient (Wildman–Crippen LogP) is 3.47. The molecule has 2 aliphatic rings. The number of benzene rings is 1. The van der Waals surface area contributed by atoms with E-state index in [0.29, 0.717) is 30.5 Å². The number of nitrogens with zero attached hydrogens (tertiary/aromatic N) is 1. The third-order valence-electron chi connectivity index (χ3n) is 5.21. The number of carbonyl (C=O) groups excluding carboxylic acids is 1. The quantitative estimate of drug-likeness (QED) is 0.801. The Bertz CT molecular complexity index is 516. The first-order valence-electron chi connectivity index (χ1n) is 7.67. The molecule has 3 rings (SSSR count). The summed E-state index contributed by atoms with van der Waals surface area (Å²) in [6, 6.07) is 9.34. The van der Waals surface area contributed by atoms with E-state index in [0.717, 1.165) is 11.4 Å². The largest absolute Gasteiger partial charge is 0.465 e. The normalized spacial score (nSPS) is 32.1. The number of carbonyl (C=O) groups is 1. The number of fused-ring (bicyclic) bond motifs is 2. The fourth-order valence-corrected chi connectivity index (χ4v) is 4.24. The third-order valence-corrected chi connectivity index (χ3v) is 5.46. The smallest absolute Gasteiger partial charge is 0.302 e. The fraction of sp³-hybridized carbons (Fsp3) is 0.588. The number of ether oxygens (including phenoxy) is 1. The second-order valence-corrected chi connectivity index (χ2v) is 6.76. The van der Waals surface area contributed by atoms with E-state index in [2.05, 4.69) is 24.1 Å². The van der Waals surface area contributed by atoms with Crippen molar-refractivity contribution in [2.75, 3.05) is 13.7 Å². The van der Waals surface area contributed by atoms with Gasteiger partial charge in [0.2, 0.25) is 0 Å². The molecule has 114 valence electrons. The molecular weight excluding hydrogens is 286 g/mol. The van der Waals surface area contributed by atoms with E-state index < -0.39 is 0 Å². The molecule has 1 aromatic rings. The molecule has 4 heteroatoms. The Balaban J connectivity index is 1.85. The molecule has 3 nitrogen and oxygen atoms in total. The zero-order valence-electron chi connectivity index (χ0n) is 12.6. The van der Waals surface area contributed by atoms with Crippen LogP contribution in [0.15, 0.2) is 24.3 Å². The van der Waals surface area contributed by atoms with Crippen LogP contribution in [0.5, 0.6) is 0 Å². The monoisotopic (exact) mass is 307 g/mol. The molecule has 0 aromatic heterocycles. The standard InChI is InChI=1S/C17H22ClNO2/c1-11(20)21-10-16-15(12-3-5-13(18)6-4-12)9-14-7-8-17(16)19(14)2/h3-6,14-17H,7-10H2,1-2H3. The van der Waals surface area contributed by atoms with Gasteiger partial charge in [-0.1, -0.05) is 23.7 Å². The Morgan fingerprint density at radius 3 is 2.71 bits per heavy atom. The van der Waals surface area contributed by atoms with Gasteiger partial charge in [-0.05, 0) is 49.9 Å². The van der Waals surface area contributed by atoms with E-state index in [-0.39, 0.29) is 5.97 Å². The van der Waals surface area contributed by atoms with Gasteiger partial charge in [0.15, 0.2) is 0 Å². The molecule has 21 heavy (non-hydrogen) atoms. The van der Waals surface area contributed by atoms with Crippen molar-refractivity contribution in [3.63, 3.8) is 0 Å². The predicted molar refractivity (Wildman–Crippen MR) is 83.5 cm³/mol. The molecule has 1 aromatic carbocycles. The highest BCUT2D eigenvalue weighted by molar-refractivity contribution is 6.30. The average molecular weight is 308 g/mol. The van der Waals surface area contributed by atoms with E-state index in [1.807, 2.05) is 12.1 Å². The SMILES string of the molecule is CC(=O)OCC1C(c2ccc(Cl)cc2)CC2CCC1N2C. The van der Waals surface area contributed by atoms with Gasteiger partial charge in [0.05, 0.1) is 6.61 Å². The maximum absolute atomic E-state index is 11.2. The Hall–Kier alpha value is -1.06. The minimum atomic E-state index is -0.187. The topological polar surface area (TPSA) is 29.5 Å². The van der Waals surface area contributed by atoms with Crippen molar-refractivity contribution in [3.8, 4) is 0 Å². The highest BCUT2D eigenvalue weighted by Gasteiger charge is 2.46. The van der Waals surface area contributed by atoms with Gasteiger partial charge in [-0.15, -0.1) is 0 Å². The van der Waals surface area contributed by atoms with Gasteiger partial charge >= 0.3 is 5.97 Å². The molecule has 0 N–H and O–H groups in total. The van der Waals surface area contributed by atoms with Crippen LogP contribution in [-0.4, -0.2) is 36.6 Å². The average Bonchev–Trinajstić information content (AvgIpc) is 2.70. The van der Waals surface area contributed by atoms with Crippen LogP contribution in [0, 0.1) is 5.92 Å². The summed E-state index contributed by atoms with van der Waals surface area (Å²) in [4.78, 5) is 13.7. The number of hydrogen-bond donors (Lipinski definition) is 0. The van der Waals surface area contributed by atoms with Crippen molar-refractivity contribution in [2.24, 2.45) is 5.92 Å². The molecule has 0 aliphatic carbocycles. The molecule has 0 amide bonds. The number of hydrogen-bond acceptors (Lipinski definition) is 3. The van der Waals surface area contributed by atoms with Crippen molar-refractivity contribution < 1.29 is 9.53 Å². The van der Waals surface area contributed by atoms with Gasteiger partial charge in [-0.2, -0.15) is 0 Å². The van der Waals surface area contributed by atoms with Gasteiger partial charge in [-0.25, -0.2) is 0 Å². The third kappa shape index (κ3) is 2.95. The molecular formula is C17H22ClNO2. The van der Waals surface area contributed by atoms with Gasteiger partial charge < -0.3 is 9.64 Å². The van der Waals surface area contributed by atoms with Gasteiger partial charge in [-0.3, -0.25) is 4.79 Å². The van der Waals surface area contributed by atoms with Crippen LogP contribution >= 0.6 is 11.6 Å². The Morgan fingerprint density at radius 2 is 2.05 bits per heavy atom. The summed E-state index contributed by atoms with van der Waals surface area (Å²) in [5, 5.41) is 0.770. The Morgan fingerprint density at radius 1 is 1.33 bits per heavy atom. The minimum absolute atomic E-state index is 0.187. The van der Waals surface area contributed by atoms with Crippen molar-refractivity contribution >= 4 is 17.6 Å². The molecule has 0 spiro atoms. The first-order chi connectivity index (χ1) is 10.1. The number of halogens is 1. The summed E-state index contributed by atoms with van der Waals surface area (Å²) >= 11 is 6.00. The van der Waals surface area contributed by atoms with E-state index in [1.165, 1.54) is 25.3 Å². The summed E-state index contributed by atoms with van der Waals surface area (Å²) < 4.78 is 5.36. The molecule has 0 radical (unpaired) electrons. The maximum atomic E-state index is 11.2. The van der Waals surface area contributed by atoms with E-state index in [4.69, 9.17) is 16.3 Å².